The Balaban J connectivity index is 2.11. The molecule has 1 N–H and O–H groups in total. The van der Waals surface area contributed by atoms with Crippen molar-refractivity contribution in [1.29, 1.82) is 0 Å². The fraction of sp³-hybridized carbons (Fsp3) is 0. The Hall–Kier alpha value is -2.34. The predicted octanol–water partition coefficient (Wildman–Crippen LogP) is 4.44. The van der Waals surface area contributed by atoms with Crippen LogP contribution >= 0.6 is 11.6 Å². The van der Waals surface area contributed by atoms with E-state index < -0.39 is 17.5 Å². The van der Waals surface area contributed by atoms with Crippen molar-refractivity contribution >= 4 is 33.9 Å². The van der Waals surface area contributed by atoms with Gasteiger partial charge in [0.1, 0.15) is 5.82 Å². The molecule has 0 aliphatic rings. The van der Waals surface area contributed by atoms with Gasteiger partial charge in [-0.25, -0.2) is 13.2 Å². The normalized spacial score (nSPS) is 10.9. The van der Waals surface area contributed by atoms with Crippen molar-refractivity contribution in [3.05, 3.63) is 59.0 Å². The molecule has 2 aromatic carbocycles. The minimum Gasteiger partial charge on any atom is -0.336 e. The molecular weight excluding hydrogens is 303 g/mol. The van der Waals surface area contributed by atoms with Gasteiger partial charge in [0.05, 0.1) is 5.69 Å². The summed E-state index contributed by atoms with van der Waals surface area (Å²) in [5.74, 6) is -3.16. The lowest BCUT2D eigenvalue weighted by Crippen LogP contribution is -2.01. The molecule has 3 nitrogen and oxygen atoms in total. The zero-order valence-electron chi connectivity index (χ0n) is 10.4. The van der Waals surface area contributed by atoms with Gasteiger partial charge in [0.15, 0.2) is 22.6 Å². The smallest absolute Gasteiger partial charge is 0.161 e. The van der Waals surface area contributed by atoms with Gasteiger partial charge >= 0.3 is 0 Å². The molecule has 0 saturated heterocycles. The molecular formula is C14H7ClF3N3. The maximum absolute atomic E-state index is 13.7. The largest absolute Gasteiger partial charge is 0.336 e. The Bertz CT molecular complexity index is 839. The first kappa shape index (κ1) is 13.6. The quantitative estimate of drug-likeness (QED) is 0.711. The van der Waals surface area contributed by atoms with E-state index in [1.807, 2.05) is 0 Å². The Labute approximate surface area is 122 Å². The van der Waals surface area contributed by atoms with Gasteiger partial charge in [-0.3, -0.25) is 0 Å². The van der Waals surface area contributed by atoms with Crippen LogP contribution in [0, 0.1) is 17.5 Å². The van der Waals surface area contributed by atoms with Crippen molar-refractivity contribution in [3.63, 3.8) is 0 Å². The third-order valence-electron chi connectivity index (χ3n) is 2.91. The highest BCUT2D eigenvalue weighted by atomic mass is 35.5. The number of aromatic nitrogens is 2. The van der Waals surface area contributed by atoms with Crippen LogP contribution in [0.2, 0.25) is 5.15 Å². The molecule has 0 spiro atoms. The third kappa shape index (κ3) is 2.50. The van der Waals surface area contributed by atoms with Gasteiger partial charge in [0.2, 0.25) is 0 Å². The summed E-state index contributed by atoms with van der Waals surface area (Å²) in [6, 6.07) is 8.11. The standard InChI is InChI=1S/C14H7ClF3N3/c15-13-7-3-1-2-4-8(7)14(21-20-13)19-12-6-10(17)9(16)5-11(12)18/h1-6H,(H,19,21). The molecule has 1 heterocycles. The number of hydrogen-bond donors (Lipinski definition) is 1. The van der Waals surface area contributed by atoms with Crippen molar-refractivity contribution < 1.29 is 13.2 Å². The number of fused-ring (bicyclic) bond motifs is 1. The second-order valence-electron chi connectivity index (χ2n) is 4.26. The van der Waals surface area contributed by atoms with Crippen LogP contribution in [-0.4, -0.2) is 10.2 Å². The molecule has 21 heavy (non-hydrogen) atoms. The zero-order valence-corrected chi connectivity index (χ0v) is 11.1. The summed E-state index contributed by atoms with van der Waals surface area (Å²) in [5, 5.41) is 11.5. The summed E-state index contributed by atoms with van der Waals surface area (Å²) in [4.78, 5) is 0. The predicted molar refractivity (Wildman–Crippen MR) is 74.1 cm³/mol. The zero-order chi connectivity index (χ0) is 15.0. The molecule has 3 rings (SSSR count). The van der Waals surface area contributed by atoms with E-state index in [-0.39, 0.29) is 16.7 Å². The van der Waals surface area contributed by atoms with Crippen LogP contribution in [-0.2, 0) is 0 Å². The average molecular weight is 310 g/mol. The van der Waals surface area contributed by atoms with Crippen molar-refractivity contribution in [2.24, 2.45) is 0 Å². The molecule has 0 aliphatic heterocycles. The minimum atomic E-state index is -1.26. The molecule has 0 radical (unpaired) electrons. The first-order chi connectivity index (χ1) is 10.1. The van der Waals surface area contributed by atoms with Gasteiger partial charge in [-0.05, 0) is 0 Å². The van der Waals surface area contributed by atoms with Crippen LogP contribution in [0.5, 0.6) is 0 Å². The molecule has 7 heteroatoms. The van der Waals surface area contributed by atoms with Crippen LogP contribution in [0.3, 0.4) is 0 Å². The van der Waals surface area contributed by atoms with Crippen molar-refractivity contribution in [1.82, 2.24) is 10.2 Å². The van der Waals surface area contributed by atoms with E-state index in [0.717, 1.165) is 6.07 Å². The third-order valence-corrected chi connectivity index (χ3v) is 3.18. The summed E-state index contributed by atoms with van der Waals surface area (Å²) in [7, 11) is 0. The van der Waals surface area contributed by atoms with Crippen molar-refractivity contribution in [2.75, 3.05) is 5.32 Å². The van der Waals surface area contributed by atoms with Gasteiger partial charge < -0.3 is 5.32 Å². The fourth-order valence-electron chi connectivity index (χ4n) is 1.91. The number of nitrogens with one attached hydrogen (secondary N) is 1. The monoisotopic (exact) mass is 309 g/mol. The number of benzene rings is 2. The molecule has 0 unspecified atom stereocenters. The molecule has 106 valence electrons. The number of rotatable bonds is 2. The lowest BCUT2D eigenvalue weighted by molar-refractivity contribution is 0.496. The fourth-order valence-corrected chi connectivity index (χ4v) is 2.11. The molecule has 3 aromatic rings. The van der Waals surface area contributed by atoms with E-state index in [0.29, 0.717) is 16.8 Å². The first-order valence-electron chi connectivity index (χ1n) is 5.89. The Morgan fingerprint density at radius 3 is 2.29 bits per heavy atom. The second kappa shape index (κ2) is 5.21. The molecule has 0 atom stereocenters. The first-order valence-corrected chi connectivity index (χ1v) is 6.26. The average Bonchev–Trinajstić information content (AvgIpc) is 2.48. The summed E-state index contributed by atoms with van der Waals surface area (Å²) in [5.41, 5.74) is -0.240. The molecule has 0 saturated carbocycles. The van der Waals surface area contributed by atoms with E-state index in [1.54, 1.807) is 24.3 Å². The SMILES string of the molecule is Fc1cc(F)c(Nc2nnc(Cl)c3ccccc23)cc1F. The van der Waals surface area contributed by atoms with Gasteiger partial charge in [-0.1, -0.05) is 35.9 Å². The molecule has 0 amide bonds. The van der Waals surface area contributed by atoms with Crippen molar-refractivity contribution in [2.45, 2.75) is 0 Å². The maximum Gasteiger partial charge on any atom is 0.161 e. The topological polar surface area (TPSA) is 37.8 Å². The Kier molecular flexibility index (Phi) is 3.39. The van der Waals surface area contributed by atoms with E-state index in [4.69, 9.17) is 11.6 Å². The number of halogens is 4. The molecule has 1 aromatic heterocycles. The van der Waals surface area contributed by atoms with Crippen LogP contribution in [0.25, 0.3) is 10.8 Å². The van der Waals surface area contributed by atoms with Gasteiger partial charge in [0, 0.05) is 22.9 Å². The summed E-state index contributed by atoms with van der Waals surface area (Å²) < 4.78 is 39.8. The number of hydrogen-bond acceptors (Lipinski definition) is 3. The lowest BCUT2D eigenvalue weighted by atomic mass is 10.2. The number of anilines is 2. The molecule has 0 bridgehead atoms. The van der Waals surface area contributed by atoms with Crippen molar-refractivity contribution in [3.8, 4) is 0 Å². The maximum atomic E-state index is 13.7. The highest BCUT2D eigenvalue weighted by Gasteiger charge is 2.13. The Morgan fingerprint density at radius 2 is 1.52 bits per heavy atom. The summed E-state index contributed by atoms with van der Waals surface area (Å²) in [6.07, 6.45) is 0. The van der Waals surface area contributed by atoms with Gasteiger partial charge in [-0.2, -0.15) is 0 Å². The summed E-state index contributed by atoms with van der Waals surface area (Å²) >= 11 is 5.92. The lowest BCUT2D eigenvalue weighted by Gasteiger charge is -2.10. The van der Waals surface area contributed by atoms with Crippen LogP contribution < -0.4 is 5.32 Å². The summed E-state index contributed by atoms with van der Waals surface area (Å²) in [6.45, 7) is 0. The van der Waals surface area contributed by atoms with Crippen LogP contribution in [0.1, 0.15) is 0 Å². The highest BCUT2D eigenvalue weighted by Crippen LogP contribution is 2.29. The van der Waals surface area contributed by atoms with Gasteiger partial charge in [-0.15, -0.1) is 10.2 Å². The van der Waals surface area contributed by atoms with Crippen LogP contribution in [0.4, 0.5) is 24.7 Å². The highest BCUT2D eigenvalue weighted by molar-refractivity contribution is 6.34. The van der Waals surface area contributed by atoms with E-state index >= 15 is 0 Å². The second-order valence-corrected chi connectivity index (χ2v) is 4.61. The molecule has 0 aliphatic carbocycles. The number of nitrogens with zero attached hydrogens (tertiary/aromatic N) is 2. The Morgan fingerprint density at radius 1 is 0.857 bits per heavy atom. The van der Waals surface area contributed by atoms with Gasteiger partial charge in [0.25, 0.3) is 0 Å². The molecule has 0 fully saturated rings. The van der Waals surface area contributed by atoms with E-state index in [9.17, 15) is 13.2 Å². The van der Waals surface area contributed by atoms with E-state index in [2.05, 4.69) is 15.5 Å². The van der Waals surface area contributed by atoms with E-state index in [1.165, 1.54) is 0 Å². The van der Waals surface area contributed by atoms with Crippen LogP contribution in [0.15, 0.2) is 36.4 Å². The minimum absolute atomic E-state index is 0.194.